The SMILES string of the molecule is Cl.O=C(NCCC1CCNC1)c1ccc(Cl)o1. The van der Waals surface area contributed by atoms with E-state index in [-0.39, 0.29) is 29.3 Å². The van der Waals surface area contributed by atoms with Crippen LogP contribution >= 0.6 is 24.0 Å². The van der Waals surface area contributed by atoms with Gasteiger partial charge in [0.15, 0.2) is 11.0 Å². The van der Waals surface area contributed by atoms with Crippen molar-refractivity contribution in [3.05, 3.63) is 23.1 Å². The number of carbonyl (C=O) groups excluding carboxylic acids is 1. The Labute approximate surface area is 111 Å². The fourth-order valence-corrected chi connectivity index (χ4v) is 2.02. The third-order valence-electron chi connectivity index (χ3n) is 2.80. The van der Waals surface area contributed by atoms with E-state index < -0.39 is 0 Å². The summed E-state index contributed by atoms with van der Waals surface area (Å²) in [5.74, 6) is 0.757. The number of furan rings is 1. The van der Waals surface area contributed by atoms with E-state index in [1.165, 1.54) is 6.42 Å². The number of amides is 1. The van der Waals surface area contributed by atoms with Gasteiger partial charge >= 0.3 is 0 Å². The molecule has 2 rings (SSSR count). The summed E-state index contributed by atoms with van der Waals surface area (Å²) < 4.78 is 5.01. The van der Waals surface area contributed by atoms with Gasteiger partial charge in [-0.05, 0) is 55.6 Å². The van der Waals surface area contributed by atoms with Gasteiger partial charge in [-0.3, -0.25) is 4.79 Å². The fraction of sp³-hybridized carbons (Fsp3) is 0.545. The van der Waals surface area contributed by atoms with Crippen molar-refractivity contribution in [3.63, 3.8) is 0 Å². The van der Waals surface area contributed by atoms with Crippen molar-refractivity contribution in [2.75, 3.05) is 19.6 Å². The van der Waals surface area contributed by atoms with Crippen molar-refractivity contribution in [3.8, 4) is 0 Å². The summed E-state index contributed by atoms with van der Waals surface area (Å²) in [6.07, 6.45) is 2.20. The predicted octanol–water partition coefficient (Wildman–Crippen LogP) is 2.08. The number of carbonyl (C=O) groups is 1. The maximum Gasteiger partial charge on any atom is 0.287 e. The van der Waals surface area contributed by atoms with Gasteiger partial charge in [0.2, 0.25) is 0 Å². The van der Waals surface area contributed by atoms with E-state index in [0.29, 0.717) is 12.5 Å². The molecular weight excluding hydrogens is 263 g/mol. The van der Waals surface area contributed by atoms with E-state index in [2.05, 4.69) is 10.6 Å². The lowest BCUT2D eigenvalue weighted by atomic mass is 10.1. The molecule has 1 aromatic heterocycles. The predicted molar refractivity (Wildman–Crippen MR) is 68.9 cm³/mol. The van der Waals surface area contributed by atoms with Gasteiger partial charge in [0.25, 0.3) is 5.91 Å². The molecule has 0 aliphatic carbocycles. The van der Waals surface area contributed by atoms with Gasteiger partial charge < -0.3 is 15.1 Å². The van der Waals surface area contributed by atoms with E-state index >= 15 is 0 Å². The number of rotatable bonds is 4. The van der Waals surface area contributed by atoms with Gasteiger partial charge in [-0.1, -0.05) is 0 Å². The second kappa shape index (κ2) is 6.89. The monoisotopic (exact) mass is 278 g/mol. The molecule has 1 amide bonds. The van der Waals surface area contributed by atoms with Crippen molar-refractivity contribution in [2.45, 2.75) is 12.8 Å². The Kier molecular flexibility index (Phi) is 5.82. The molecule has 1 fully saturated rings. The fourth-order valence-electron chi connectivity index (χ4n) is 1.87. The lowest BCUT2D eigenvalue weighted by Crippen LogP contribution is -2.26. The zero-order valence-electron chi connectivity index (χ0n) is 9.37. The molecule has 96 valence electrons. The van der Waals surface area contributed by atoms with E-state index in [4.69, 9.17) is 16.0 Å². The normalized spacial score (nSPS) is 18.8. The molecule has 0 bridgehead atoms. The minimum atomic E-state index is -0.196. The van der Waals surface area contributed by atoms with Crippen LogP contribution in [-0.4, -0.2) is 25.5 Å². The van der Waals surface area contributed by atoms with Gasteiger partial charge in [-0.25, -0.2) is 0 Å². The van der Waals surface area contributed by atoms with Gasteiger partial charge in [0, 0.05) is 6.54 Å². The van der Waals surface area contributed by atoms with Crippen LogP contribution < -0.4 is 10.6 Å². The van der Waals surface area contributed by atoms with Gasteiger partial charge in [0.05, 0.1) is 0 Å². The van der Waals surface area contributed by atoms with E-state index in [0.717, 1.165) is 19.5 Å². The zero-order valence-corrected chi connectivity index (χ0v) is 10.9. The van der Waals surface area contributed by atoms with Gasteiger partial charge in [0.1, 0.15) is 0 Å². The van der Waals surface area contributed by atoms with Crippen LogP contribution in [0.1, 0.15) is 23.4 Å². The van der Waals surface area contributed by atoms with E-state index in [1.54, 1.807) is 12.1 Å². The zero-order chi connectivity index (χ0) is 11.4. The van der Waals surface area contributed by atoms with Crippen molar-refractivity contribution in [2.24, 2.45) is 5.92 Å². The molecule has 2 N–H and O–H groups in total. The first-order valence-electron chi connectivity index (χ1n) is 5.50. The second-order valence-corrected chi connectivity index (χ2v) is 4.38. The molecule has 4 nitrogen and oxygen atoms in total. The summed E-state index contributed by atoms with van der Waals surface area (Å²) in [6, 6.07) is 3.14. The number of hydrogen-bond donors (Lipinski definition) is 2. The molecule has 1 atom stereocenters. The maximum atomic E-state index is 11.6. The highest BCUT2D eigenvalue weighted by atomic mass is 35.5. The molecule has 1 aromatic rings. The van der Waals surface area contributed by atoms with Crippen molar-refractivity contribution >= 4 is 29.9 Å². The number of nitrogens with one attached hydrogen (secondary N) is 2. The first-order chi connectivity index (χ1) is 7.75. The van der Waals surface area contributed by atoms with Crippen LogP contribution in [0.15, 0.2) is 16.5 Å². The Hall–Kier alpha value is -0.710. The molecule has 1 aliphatic rings. The highest BCUT2D eigenvalue weighted by Crippen LogP contribution is 2.13. The average Bonchev–Trinajstić information content (AvgIpc) is 2.89. The maximum absolute atomic E-state index is 11.6. The van der Waals surface area contributed by atoms with Crippen LogP contribution in [0, 0.1) is 5.92 Å². The lowest BCUT2D eigenvalue weighted by Gasteiger charge is -2.08. The first-order valence-corrected chi connectivity index (χ1v) is 5.88. The molecule has 1 unspecified atom stereocenters. The molecule has 0 radical (unpaired) electrons. The van der Waals surface area contributed by atoms with Crippen LogP contribution in [0.2, 0.25) is 5.22 Å². The smallest absolute Gasteiger partial charge is 0.287 e. The van der Waals surface area contributed by atoms with Crippen LogP contribution in [0.5, 0.6) is 0 Å². The molecule has 1 aliphatic heterocycles. The minimum Gasteiger partial charge on any atom is -0.440 e. The van der Waals surface area contributed by atoms with Gasteiger partial charge in [-0.15, -0.1) is 12.4 Å². The van der Waals surface area contributed by atoms with Crippen molar-refractivity contribution in [1.29, 1.82) is 0 Å². The van der Waals surface area contributed by atoms with E-state index in [1.807, 2.05) is 0 Å². The Morgan fingerprint density at radius 2 is 2.41 bits per heavy atom. The first kappa shape index (κ1) is 14.4. The van der Waals surface area contributed by atoms with Crippen molar-refractivity contribution < 1.29 is 9.21 Å². The van der Waals surface area contributed by atoms with Crippen molar-refractivity contribution in [1.82, 2.24) is 10.6 Å². The van der Waals surface area contributed by atoms with Gasteiger partial charge in [-0.2, -0.15) is 0 Å². The summed E-state index contributed by atoms with van der Waals surface area (Å²) >= 11 is 5.59. The summed E-state index contributed by atoms with van der Waals surface area (Å²) in [5, 5.41) is 6.36. The molecular formula is C11H16Cl2N2O2. The van der Waals surface area contributed by atoms with Crippen LogP contribution in [0.25, 0.3) is 0 Å². The minimum absolute atomic E-state index is 0. The molecule has 2 heterocycles. The molecule has 1 saturated heterocycles. The van der Waals surface area contributed by atoms with E-state index in [9.17, 15) is 4.79 Å². The standard InChI is InChI=1S/C11H15ClN2O2.ClH/c12-10-2-1-9(16-10)11(15)14-6-4-8-3-5-13-7-8;/h1-2,8,13H,3-7H2,(H,14,15);1H. The Morgan fingerprint density at radius 3 is 3.00 bits per heavy atom. The summed E-state index contributed by atoms with van der Waals surface area (Å²) in [7, 11) is 0. The molecule has 0 saturated carbocycles. The summed E-state index contributed by atoms with van der Waals surface area (Å²) in [5.41, 5.74) is 0. The highest BCUT2D eigenvalue weighted by molar-refractivity contribution is 6.29. The second-order valence-electron chi connectivity index (χ2n) is 4.01. The Bertz CT molecular complexity index is 362. The number of halogens is 2. The van der Waals surface area contributed by atoms with Crippen LogP contribution in [0.3, 0.4) is 0 Å². The Balaban J connectivity index is 0.00000144. The molecule has 17 heavy (non-hydrogen) atoms. The topological polar surface area (TPSA) is 54.3 Å². The largest absolute Gasteiger partial charge is 0.440 e. The Morgan fingerprint density at radius 1 is 1.59 bits per heavy atom. The number of hydrogen-bond acceptors (Lipinski definition) is 3. The quantitative estimate of drug-likeness (QED) is 0.887. The van der Waals surface area contributed by atoms with Crippen LogP contribution in [0.4, 0.5) is 0 Å². The highest BCUT2D eigenvalue weighted by Gasteiger charge is 2.15. The third kappa shape index (κ3) is 4.22. The molecule has 0 spiro atoms. The summed E-state index contributed by atoms with van der Waals surface area (Å²) in [6.45, 7) is 2.83. The molecule has 6 heteroatoms. The van der Waals surface area contributed by atoms with Crippen LogP contribution in [-0.2, 0) is 0 Å². The average molecular weight is 279 g/mol. The molecule has 0 aromatic carbocycles. The third-order valence-corrected chi connectivity index (χ3v) is 3.00. The lowest BCUT2D eigenvalue weighted by molar-refractivity contribution is 0.0924. The summed E-state index contributed by atoms with van der Waals surface area (Å²) in [4.78, 5) is 11.6.